The van der Waals surface area contributed by atoms with Crippen molar-refractivity contribution in [2.24, 2.45) is 5.16 Å². The fourth-order valence-corrected chi connectivity index (χ4v) is 2.47. The molecule has 0 saturated heterocycles. The second-order valence-corrected chi connectivity index (χ2v) is 6.67. The average Bonchev–Trinajstić information content (AvgIpc) is 3.20. The van der Waals surface area contributed by atoms with Gasteiger partial charge in [-0.25, -0.2) is 13.8 Å². The van der Waals surface area contributed by atoms with E-state index in [0.29, 0.717) is 18.1 Å². The minimum Gasteiger partial charge on any atom is -0.469 e. The molecule has 9 nitrogen and oxygen atoms in total. The maximum absolute atomic E-state index is 13.2. The maximum atomic E-state index is 13.2. The van der Waals surface area contributed by atoms with E-state index in [2.05, 4.69) is 25.6 Å². The third-order valence-corrected chi connectivity index (χ3v) is 4.11. The highest BCUT2D eigenvalue weighted by Crippen LogP contribution is 2.26. The van der Waals surface area contributed by atoms with Crippen molar-refractivity contribution in [2.45, 2.75) is 39.0 Å². The van der Waals surface area contributed by atoms with Gasteiger partial charge < -0.3 is 14.7 Å². The monoisotopic (exact) mass is 432 g/mol. The predicted octanol–water partition coefficient (Wildman–Crippen LogP) is 2.50. The summed E-state index contributed by atoms with van der Waals surface area (Å²) < 4.78 is 31.9. The van der Waals surface area contributed by atoms with Crippen molar-refractivity contribution in [1.82, 2.24) is 25.2 Å². The quantitative estimate of drug-likeness (QED) is 0.366. The lowest BCUT2D eigenvalue weighted by atomic mass is 10.1. The molecule has 0 radical (unpaired) electrons. The molecule has 2 aromatic heterocycles. The lowest BCUT2D eigenvalue weighted by molar-refractivity contribution is 0.0174. The smallest absolute Gasteiger partial charge is 0.270 e. The van der Waals surface area contributed by atoms with Gasteiger partial charge in [0.2, 0.25) is 11.7 Å². The van der Waals surface area contributed by atoms with Crippen LogP contribution in [0.5, 0.6) is 5.88 Å². The minimum absolute atomic E-state index is 0.0380. The Labute approximate surface area is 177 Å². The summed E-state index contributed by atoms with van der Waals surface area (Å²) in [6.45, 7) is 1.37. The number of aromatic nitrogens is 5. The number of tetrazole rings is 1. The lowest BCUT2D eigenvalue weighted by Gasteiger charge is -2.10. The molecule has 1 aromatic carbocycles. The van der Waals surface area contributed by atoms with Crippen molar-refractivity contribution in [3.63, 3.8) is 0 Å². The number of hydrogen-bond acceptors (Lipinski definition) is 8. The Bertz CT molecular complexity index is 972. The highest BCUT2D eigenvalue weighted by atomic mass is 19.3. The average molecular weight is 432 g/mol. The van der Waals surface area contributed by atoms with Crippen molar-refractivity contribution in [2.75, 3.05) is 6.61 Å². The molecule has 164 valence electrons. The molecule has 31 heavy (non-hydrogen) atoms. The number of aliphatic hydroxyl groups excluding tert-OH is 1. The van der Waals surface area contributed by atoms with Gasteiger partial charge in [0.1, 0.15) is 6.61 Å². The van der Waals surface area contributed by atoms with E-state index in [-0.39, 0.29) is 31.9 Å². The molecule has 0 amide bonds. The van der Waals surface area contributed by atoms with E-state index in [0.717, 1.165) is 18.1 Å². The van der Waals surface area contributed by atoms with Gasteiger partial charge in [-0.2, -0.15) is 4.80 Å². The van der Waals surface area contributed by atoms with Gasteiger partial charge in [0.25, 0.3) is 5.92 Å². The molecule has 3 rings (SSSR count). The zero-order chi connectivity index (χ0) is 22.1. The van der Waals surface area contributed by atoms with Crippen LogP contribution in [-0.4, -0.2) is 43.1 Å². The molecule has 0 fully saturated rings. The Balaban J connectivity index is 1.39. The highest BCUT2D eigenvalue weighted by molar-refractivity contribution is 5.60. The van der Waals surface area contributed by atoms with Crippen LogP contribution in [0.3, 0.4) is 0 Å². The first kappa shape index (κ1) is 22.2. The maximum Gasteiger partial charge on any atom is 0.270 e. The van der Waals surface area contributed by atoms with Gasteiger partial charge in [-0.3, -0.25) is 0 Å². The number of pyridine rings is 1. The van der Waals surface area contributed by atoms with Crippen LogP contribution in [0.4, 0.5) is 8.78 Å². The number of ether oxygens (including phenoxy) is 1. The number of rotatable bonds is 11. The summed E-state index contributed by atoms with van der Waals surface area (Å²) in [4.78, 5) is 10.7. The normalized spacial score (nSPS) is 11.7. The third-order valence-electron chi connectivity index (χ3n) is 4.11. The molecule has 3 aromatic rings. The molecule has 11 heteroatoms. The molecule has 2 heterocycles. The van der Waals surface area contributed by atoms with Gasteiger partial charge in [0.15, 0.2) is 6.61 Å². The number of hydrogen-bond donors (Lipinski definition) is 1. The fourth-order valence-electron chi connectivity index (χ4n) is 2.47. The Hall–Kier alpha value is -3.47. The van der Waals surface area contributed by atoms with Crippen LogP contribution in [0.1, 0.15) is 29.4 Å². The molecule has 0 aliphatic heterocycles. The van der Waals surface area contributed by atoms with Crippen LogP contribution in [0, 0.1) is 0 Å². The molecule has 0 atom stereocenters. The van der Waals surface area contributed by atoms with Crippen LogP contribution in [0.2, 0.25) is 0 Å². The van der Waals surface area contributed by atoms with Gasteiger partial charge >= 0.3 is 0 Å². The lowest BCUT2D eigenvalue weighted by Crippen LogP contribution is -2.06. The first-order chi connectivity index (χ1) is 14.9. The fraction of sp³-hybridized carbons (Fsp3) is 0.350. The van der Waals surface area contributed by atoms with Gasteiger partial charge in [-0.15, -0.1) is 10.2 Å². The molecular weight excluding hydrogens is 410 g/mol. The first-order valence-corrected chi connectivity index (χ1v) is 9.50. The number of alkyl halides is 2. The van der Waals surface area contributed by atoms with Crippen LogP contribution in [-0.2, 0) is 36.9 Å². The second kappa shape index (κ2) is 10.5. The Morgan fingerprint density at radius 3 is 2.58 bits per heavy atom. The molecule has 0 saturated carbocycles. The standard InChI is InChI=1S/C20H22F2N6O3/c1-20(21,22)17-5-2-16(3-6-17)13-31-24-9-8-15-4-7-19(23-12-15)30-14-18-25-27-28(26-18)10-11-29/h2-7,9,12,29H,8,10-11,13-14H2,1H3. The van der Waals surface area contributed by atoms with Crippen molar-refractivity contribution in [3.05, 3.63) is 65.1 Å². The number of nitrogens with zero attached hydrogens (tertiary/aromatic N) is 6. The van der Waals surface area contributed by atoms with Crippen LogP contribution in [0.15, 0.2) is 47.8 Å². The third kappa shape index (κ3) is 7.07. The van der Waals surface area contributed by atoms with E-state index in [9.17, 15) is 8.78 Å². The van der Waals surface area contributed by atoms with Crippen molar-refractivity contribution >= 4 is 6.21 Å². The number of aliphatic hydroxyl groups is 1. The summed E-state index contributed by atoms with van der Waals surface area (Å²) in [5.74, 6) is -2.05. The Morgan fingerprint density at radius 1 is 1.13 bits per heavy atom. The van der Waals surface area contributed by atoms with Crippen molar-refractivity contribution < 1.29 is 23.5 Å². The summed E-state index contributed by atoms with van der Waals surface area (Å²) in [5, 5.41) is 24.3. The SMILES string of the molecule is CC(F)(F)c1ccc(CON=CCc2ccc(OCc3nnn(CCO)n3)nc2)cc1. The Morgan fingerprint density at radius 2 is 1.90 bits per heavy atom. The topological polar surface area (TPSA) is 108 Å². The molecule has 0 aliphatic rings. The molecule has 1 N–H and O–H groups in total. The number of benzene rings is 1. The van der Waals surface area contributed by atoms with Gasteiger partial charge in [0.05, 0.1) is 13.2 Å². The first-order valence-electron chi connectivity index (χ1n) is 9.50. The van der Waals surface area contributed by atoms with E-state index in [1.54, 1.807) is 30.6 Å². The van der Waals surface area contributed by atoms with Crippen molar-refractivity contribution in [3.8, 4) is 5.88 Å². The Kier molecular flexibility index (Phi) is 7.55. The van der Waals surface area contributed by atoms with E-state index in [1.165, 1.54) is 16.9 Å². The zero-order valence-corrected chi connectivity index (χ0v) is 16.9. The van der Waals surface area contributed by atoms with E-state index >= 15 is 0 Å². The summed E-state index contributed by atoms with van der Waals surface area (Å²) in [5.41, 5.74) is 1.62. The summed E-state index contributed by atoms with van der Waals surface area (Å²) in [7, 11) is 0. The largest absolute Gasteiger partial charge is 0.469 e. The molecule has 0 bridgehead atoms. The molecular formula is C20H22F2N6O3. The molecule has 0 aliphatic carbocycles. The van der Waals surface area contributed by atoms with Crippen LogP contribution >= 0.6 is 0 Å². The van der Waals surface area contributed by atoms with Gasteiger partial charge in [-0.05, 0) is 16.3 Å². The van der Waals surface area contributed by atoms with E-state index < -0.39 is 5.92 Å². The summed E-state index contributed by atoms with van der Waals surface area (Å²) >= 11 is 0. The van der Waals surface area contributed by atoms with Gasteiger partial charge in [-0.1, -0.05) is 35.5 Å². The summed E-state index contributed by atoms with van der Waals surface area (Å²) in [6.07, 6.45) is 3.75. The molecule has 0 unspecified atom stereocenters. The van der Waals surface area contributed by atoms with E-state index in [1.807, 2.05) is 6.07 Å². The van der Waals surface area contributed by atoms with Gasteiger partial charge in [0, 0.05) is 37.4 Å². The second-order valence-electron chi connectivity index (χ2n) is 6.67. The number of oxime groups is 1. The van der Waals surface area contributed by atoms with E-state index in [4.69, 9.17) is 14.7 Å². The van der Waals surface area contributed by atoms with Crippen LogP contribution in [0.25, 0.3) is 0 Å². The highest BCUT2D eigenvalue weighted by Gasteiger charge is 2.23. The predicted molar refractivity (Wildman–Crippen MR) is 106 cm³/mol. The zero-order valence-electron chi connectivity index (χ0n) is 16.9. The minimum atomic E-state index is -2.86. The van der Waals surface area contributed by atoms with Crippen molar-refractivity contribution in [1.29, 1.82) is 0 Å². The van der Waals surface area contributed by atoms with Crippen LogP contribution < -0.4 is 4.74 Å². The molecule has 0 spiro atoms. The summed E-state index contributed by atoms with van der Waals surface area (Å²) in [6, 6.07) is 9.50. The number of halogens is 2.